The number of benzene rings is 2. The van der Waals surface area contributed by atoms with Crippen LogP contribution in [0.1, 0.15) is 94.7 Å². The zero-order valence-electron chi connectivity index (χ0n) is 29.9. The van der Waals surface area contributed by atoms with Crippen LogP contribution in [0, 0.1) is 17.2 Å². The maximum Gasteiger partial charge on any atom is 0.417 e. The molecular weight excluding hydrogens is 717 g/mol. The highest BCUT2D eigenvalue weighted by Gasteiger charge is 2.48. The molecule has 2 unspecified atom stereocenters. The molecule has 16 heteroatoms. The largest absolute Gasteiger partial charge is 0.417 e. The van der Waals surface area contributed by atoms with Gasteiger partial charge in [-0.2, -0.15) is 23.5 Å². The third kappa shape index (κ3) is 6.64. The fourth-order valence-electron chi connectivity index (χ4n) is 8.74. The van der Waals surface area contributed by atoms with Crippen molar-refractivity contribution in [3.8, 4) is 6.07 Å². The average molecular weight is 757 g/mol. The molecule has 55 heavy (non-hydrogen) atoms. The number of halogens is 3. The topological polar surface area (TPSA) is 161 Å². The van der Waals surface area contributed by atoms with Crippen molar-refractivity contribution in [3.05, 3.63) is 76.6 Å². The number of carbonyl (C=O) groups excluding carboxylic acids is 5. The Bertz CT molecular complexity index is 2130. The molecule has 4 aliphatic heterocycles. The predicted octanol–water partition coefficient (Wildman–Crippen LogP) is 4.40. The number of hydrogen-bond acceptors (Lipinski definition) is 9. The lowest BCUT2D eigenvalue weighted by molar-refractivity contribution is -0.138. The maximum absolute atomic E-state index is 13.5. The van der Waals surface area contributed by atoms with Crippen molar-refractivity contribution >= 4 is 40.9 Å². The molecule has 0 bridgehead atoms. The van der Waals surface area contributed by atoms with Crippen molar-refractivity contribution in [2.45, 2.75) is 75.0 Å². The minimum absolute atomic E-state index is 0.0232. The molecule has 1 saturated carbocycles. The molecule has 2 N–H and O–H groups in total. The van der Waals surface area contributed by atoms with Crippen molar-refractivity contribution in [3.63, 3.8) is 0 Å². The summed E-state index contributed by atoms with van der Waals surface area (Å²) in [5.74, 6) is -1.85. The number of aromatic nitrogens is 2. The van der Waals surface area contributed by atoms with E-state index in [1.807, 2.05) is 12.3 Å². The molecule has 3 aromatic rings. The van der Waals surface area contributed by atoms with Gasteiger partial charge in [-0.15, -0.1) is 0 Å². The number of amides is 5. The summed E-state index contributed by atoms with van der Waals surface area (Å²) in [5.41, 5.74) is -0.193. The average Bonchev–Trinajstić information content (AvgIpc) is 3.87. The number of hydrogen-bond donors (Lipinski definition) is 2. The summed E-state index contributed by atoms with van der Waals surface area (Å²) < 4.78 is 42.2. The van der Waals surface area contributed by atoms with Crippen molar-refractivity contribution in [2.24, 2.45) is 5.92 Å². The summed E-state index contributed by atoms with van der Waals surface area (Å²) in [4.78, 5) is 69.7. The molecule has 5 aliphatic rings. The van der Waals surface area contributed by atoms with Crippen LogP contribution in [-0.4, -0.2) is 87.9 Å². The first-order chi connectivity index (χ1) is 26.3. The molecule has 13 nitrogen and oxygen atoms in total. The molecule has 0 radical (unpaired) electrons. The first kappa shape index (κ1) is 36.4. The molecule has 1 aliphatic carbocycles. The molecule has 2 atom stereocenters. The molecule has 5 heterocycles. The molecule has 1 aromatic heterocycles. The molecule has 8 rings (SSSR count). The van der Waals surface area contributed by atoms with Crippen LogP contribution in [0.25, 0.3) is 0 Å². The van der Waals surface area contributed by atoms with Gasteiger partial charge in [0.15, 0.2) is 0 Å². The number of carbonyl (C=O) groups is 5. The standard InChI is InChI=1S/C39H39F3N8O5/c40-39(41,42)31-16-27(3-2-25(31)18-43)45-37(55)38(11-1-12-38)49-22-26(19-44-49)24-9-13-47(14-10-24)20-23-8-15-48(21-23)28-4-5-29-30(17-28)36(54)50(35(29)53)32-6-7-33(51)46-34(32)52/h2-5,16-17,19,22-24,32H,1,6-15,20-21H2,(H,45,55)(H,46,51,52). The number of likely N-dealkylation sites (tertiary alicyclic amines) is 1. The number of piperidine rings is 2. The van der Waals surface area contributed by atoms with Crippen molar-refractivity contribution in [1.29, 1.82) is 5.26 Å². The highest BCUT2D eigenvalue weighted by atomic mass is 19.4. The van der Waals surface area contributed by atoms with Crippen LogP contribution in [0.2, 0.25) is 0 Å². The number of nitrogens with zero attached hydrogens (tertiary/aromatic N) is 6. The van der Waals surface area contributed by atoms with Gasteiger partial charge in [-0.1, -0.05) is 0 Å². The van der Waals surface area contributed by atoms with Gasteiger partial charge in [-0.05, 0) is 112 Å². The smallest absolute Gasteiger partial charge is 0.371 e. The van der Waals surface area contributed by atoms with Crippen LogP contribution in [0.5, 0.6) is 0 Å². The molecule has 286 valence electrons. The fraction of sp³-hybridized carbons (Fsp3) is 0.462. The molecule has 3 saturated heterocycles. The summed E-state index contributed by atoms with van der Waals surface area (Å²) >= 11 is 0. The van der Waals surface area contributed by atoms with E-state index in [2.05, 4.69) is 25.5 Å². The third-order valence-electron chi connectivity index (χ3n) is 12.0. The first-order valence-electron chi connectivity index (χ1n) is 18.7. The van der Waals surface area contributed by atoms with Gasteiger partial charge in [-0.25, -0.2) is 0 Å². The molecule has 5 amide bonds. The Labute approximate surface area is 314 Å². The number of nitriles is 1. The van der Waals surface area contributed by atoms with Crippen molar-refractivity contribution in [2.75, 3.05) is 42.9 Å². The van der Waals surface area contributed by atoms with E-state index in [-0.39, 0.29) is 35.6 Å². The van der Waals surface area contributed by atoms with Crippen molar-refractivity contribution in [1.82, 2.24) is 24.9 Å². The zero-order valence-corrected chi connectivity index (χ0v) is 29.9. The quantitative estimate of drug-likeness (QED) is 0.318. The number of imide groups is 2. The Balaban J connectivity index is 0.849. The second-order valence-electron chi connectivity index (χ2n) is 15.3. The highest BCUT2D eigenvalue weighted by molar-refractivity contribution is 6.23. The SMILES string of the molecule is N#Cc1ccc(NC(=O)C2(n3cc(C4CCN(CC5CCN(c6ccc7c(c6)C(=O)N(C6CCC(=O)NC6=O)C7=O)C5)CC4)cn3)CCC2)cc1C(F)(F)F. The van der Waals surface area contributed by atoms with E-state index in [1.165, 1.54) is 6.07 Å². The number of fused-ring (bicyclic) bond motifs is 1. The van der Waals surface area contributed by atoms with Gasteiger partial charge < -0.3 is 15.1 Å². The van der Waals surface area contributed by atoms with Gasteiger partial charge in [0, 0.05) is 43.6 Å². The maximum atomic E-state index is 13.5. The Morgan fingerprint density at radius 2 is 1.75 bits per heavy atom. The Morgan fingerprint density at radius 3 is 2.44 bits per heavy atom. The van der Waals surface area contributed by atoms with E-state index < -0.39 is 58.4 Å². The lowest BCUT2D eigenvalue weighted by atomic mass is 9.76. The second kappa shape index (κ2) is 13.9. The van der Waals surface area contributed by atoms with Crippen molar-refractivity contribution < 1.29 is 37.1 Å². The first-order valence-corrected chi connectivity index (χ1v) is 18.7. The summed E-state index contributed by atoms with van der Waals surface area (Å²) in [7, 11) is 0. The predicted molar refractivity (Wildman–Crippen MR) is 191 cm³/mol. The fourth-order valence-corrected chi connectivity index (χ4v) is 8.74. The summed E-state index contributed by atoms with van der Waals surface area (Å²) in [6.45, 7) is 4.31. The van der Waals surface area contributed by atoms with Crippen LogP contribution in [0.3, 0.4) is 0 Å². The molecular formula is C39H39F3N8O5. The normalized spacial score (nSPS) is 23.0. The number of alkyl halides is 3. The van der Waals surface area contributed by atoms with Crippen LogP contribution in [-0.2, 0) is 26.1 Å². The summed E-state index contributed by atoms with van der Waals surface area (Å²) in [6.07, 6.45) is 3.77. The van der Waals surface area contributed by atoms with Gasteiger partial charge in [0.25, 0.3) is 17.7 Å². The van der Waals surface area contributed by atoms with Crippen LogP contribution in [0.4, 0.5) is 24.5 Å². The van der Waals surface area contributed by atoms with E-state index in [9.17, 15) is 37.1 Å². The summed E-state index contributed by atoms with van der Waals surface area (Å²) in [5, 5.41) is 18.6. The van der Waals surface area contributed by atoms with E-state index in [4.69, 9.17) is 5.26 Å². The Hall–Kier alpha value is -5.56. The van der Waals surface area contributed by atoms with Crippen LogP contribution in [0.15, 0.2) is 48.8 Å². The third-order valence-corrected chi connectivity index (χ3v) is 12.0. The number of nitrogens with one attached hydrogen (secondary N) is 2. The summed E-state index contributed by atoms with van der Waals surface area (Å²) in [6, 6.07) is 8.97. The number of rotatable bonds is 8. The van der Waals surface area contributed by atoms with Gasteiger partial charge in [0.05, 0.1) is 34.5 Å². The highest BCUT2D eigenvalue weighted by Crippen LogP contribution is 2.42. The lowest BCUT2D eigenvalue weighted by Gasteiger charge is -2.40. The van der Waals surface area contributed by atoms with Gasteiger partial charge in [0.1, 0.15) is 11.6 Å². The number of anilines is 2. The Morgan fingerprint density at radius 1 is 0.982 bits per heavy atom. The monoisotopic (exact) mass is 756 g/mol. The molecule has 2 aromatic carbocycles. The molecule has 4 fully saturated rings. The van der Waals surface area contributed by atoms with Gasteiger partial charge in [-0.3, -0.25) is 38.9 Å². The van der Waals surface area contributed by atoms with E-state index >= 15 is 0 Å². The van der Waals surface area contributed by atoms with Gasteiger partial charge in [0.2, 0.25) is 11.8 Å². The van der Waals surface area contributed by atoms with Crippen LogP contribution < -0.4 is 15.5 Å². The lowest BCUT2D eigenvalue weighted by Crippen LogP contribution is -2.54. The molecule has 0 spiro atoms. The van der Waals surface area contributed by atoms with Gasteiger partial charge >= 0.3 is 6.18 Å². The van der Waals surface area contributed by atoms with E-state index in [0.717, 1.165) is 86.7 Å². The Kier molecular flexibility index (Phi) is 9.23. The zero-order chi connectivity index (χ0) is 38.6. The van der Waals surface area contributed by atoms with E-state index in [1.54, 1.807) is 29.1 Å². The minimum Gasteiger partial charge on any atom is -0.371 e. The second-order valence-corrected chi connectivity index (χ2v) is 15.3. The minimum atomic E-state index is -4.73. The van der Waals surface area contributed by atoms with Crippen LogP contribution >= 0.6 is 0 Å². The van der Waals surface area contributed by atoms with E-state index in [0.29, 0.717) is 18.8 Å².